The second kappa shape index (κ2) is 8.60. The SMILES string of the molecule is CS(=O)CCCNCC(=O)NC1CCOCC1. The monoisotopic (exact) mass is 262 g/mol. The van der Waals surface area contributed by atoms with Crippen LogP contribution in [0.5, 0.6) is 0 Å². The molecule has 1 atom stereocenters. The summed E-state index contributed by atoms with van der Waals surface area (Å²) in [7, 11) is -0.740. The Labute approximate surface area is 105 Å². The van der Waals surface area contributed by atoms with Crippen molar-refractivity contribution in [2.45, 2.75) is 25.3 Å². The minimum atomic E-state index is -0.740. The van der Waals surface area contributed by atoms with E-state index >= 15 is 0 Å². The van der Waals surface area contributed by atoms with E-state index in [1.165, 1.54) is 0 Å². The summed E-state index contributed by atoms with van der Waals surface area (Å²) in [4.78, 5) is 11.5. The molecule has 0 saturated carbocycles. The molecule has 0 aromatic carbocycles. The Bertz CT molecular complexity index is 255. The molecule has 1 heterocycles. The zero-order chi connectivity index (χ0) is 12.5. The summed E-state index contributed by atoms with van der Waals surface area (Å²) in [5.74, 6) is 0.726. The zero-order valence-electron chi connectivity index (χ0n) is 10.4. The van der Waals surface area contributed by atoms with Crippen LogP contribution in [0.2, 0.25) is 0 Å². The molecule has 1 fully saturated rings. The van der Waals surface area contributed by atoms with Gasteiger partial charge in [-0.05, 0) is 25.8 Å². The Morgan fingerprint density at radius 3 is 2.76 bits per heavy atom. The van der Waals surface area contributed by atoms with E-state index in [1.807, 2.05) is 0 Å². The molecule has 1 saturated heterocycles. The van der Waals surface area contributed by atoms with Gasteiger partial charge in [0.1, 0.15) is 0 Å². The van der Waals surface area contributed by atoms with Crippen LogP contribution in [0.3, 0.4) is 0 Å². The Hall–Kier alpha value is -0.460. The number of ether oxygens (including phenoxy) is 1. The minimum absolute atomic E-state index is 0.0366. The highest BCUT2D eigenvalue weighted by atomic mass is 32.2. The zero-order valence-corrected chi connectivity index (χ0v) is 11.2. The summed E-state index contributed by atoms with van der Waals surface area (Å²) >= 11 is 0. The molecule has 1 aliphatic heterocycles. The van der Waals surface area contributed by atoms with Gasteiger partial charge in [0.25, 0.3) is 0 Å². The average molecular weight is 262 g/mol. The lowest BCUT2D eigenvalue weighted by molar-refractivity contribution is -0.121. The van der Waals surface area contributed by atoms with E-state index in [1.54, 1.807) is 6.26 Å². The number of nitrogens with one attached hydrogen (secondary N) is 2. The summed E-state index contributed by atoms with van der Waals surface area (Å²) in [6.45, 7) is 2.55. The number of amides is 1. The van der Waals surface area contributed by atoms with Crippen LogP contribution in [0.15, 0.2) is 0 Å². The quantitative estimate of drug-likeness (QED) is 0.615. The molecule has 1 unspecified atom stereocenters. The van der Waals surface area contributed by atoms with Crippen molar-refractivity contribution in [2.75, 3.05) is 38.3 Å². The fraction of sp³-hybridized carbons (Fsp3) is 0.909. The first kappa shape index (κ1) is 14.6. The standard InChI is InChI=1S/C11H22N2O3S/c1-17(15)8-2-5-12-9-11(14)13-10-3-6-16-7-4-10/h10,12H,2-9H2,1H3,(H,13,14). The molecule has 5 nitrogen and oxygen atoms in total. The third-order valence-electron chi connectivity index (χ3n) is 2.66. The normalized spacial score (nSPS) is 18.9. The van der Waals surface area contributed by atoms with Crippen molar-refractivity contribution in [2.24, 2.45) is 0 Å². The van der Waals surface area contributed by atoms with Crippen LogP contribution in [0, 0.1) is 0 Å². The van der Waals surface area contributed by atoms with Gasteiger partial charge >= 0.3 is 0 Å². The lowest BCUT2D eigenvalue weighted by Gasteiger charge is -2.23. The molecule has 1 rings (SSSR count). The van der Waals surface area contributed by atoms with Crippen LogP contribution in [0.1, 0.15) is 19.3 Å². The van der Waals surface area contributed by atoms with Crippen LogP contribution in [0.4, 0.5) is 0 Å². The highest BCUT2D eigenvalue weighted by Gasteiger charge is 2.15. The van der Waals surface area contributed by atoms with Crippen molar-refractivity contribution >= 4 is 16.7 Å². The first-order valence-corrected chi connectivity index (χ1v) is 7.79. The number of carbonyl (C=O) groups excluding carboxylic acids is 1. The maximum Gasteiger partial charge on any atom is 0.234 e. The molecule has 0 aromatic heterocycles. The fourth-order valence-corrected chi connectivity index (χ4v) is 2.27. The van der Waals surface area contributed by atoms with Crippen LogP contribution in [-0.2, 0) is 20.3 Å². The summed E-state index contributed by atoms with van der Waals surface area (Å²) in [6.07, 6.45) is 4.34. The molecule has 0 bridgehead atoms. The Kier molecular flexibility index (Phi) is 7.39. The lowest BCUT2D eigenvalue weighted by Crippen LogP contribution is -2.43. The third kappa shape index (κ3) is 7.46. The van der Waals surface area contributed by atoms with Gasteiger partial charge in [-0.15, -0.1) is 0 Å². The van der Waals surface area contributed by atoms with Gasteiger partial charge in [-0.3, -0.25) is 9.00 Å². The van der Waals surface area contributed by atoms with Gasteiger partial charge in [-0.1, -0.05) is 0 Å². The molecule has 0 spiro atoms. The topological polar surface area (TPSA) is 67.4 Å². The van der Waals surface area contributed by atoms with E-state index in [4.69, 9.17) is 4.74 Å². The second-order valence-electron chi connectivity index (χ2n) is 4.26. The molecular formula is C11H22N2O3S. The number of rotatable bonds is 7. The minimum Gasteiger partial charge on any atom is -0.381 e. The maximum atomic E-state index is 11.5. The molecule has 0 aliphatic carbocycles. The third-order valence-corrected chi connectivity index (χ3v) is 3.52. The number of hydrogen-bond acceptors (Lipinski definition) is 4. The second-order valence-corrected chi connectivity index (χ2v) is 5.82. The van der Waals surface area contributed by atoms with Crippen molar-refractivity contribution < 1.29 is 13.7 Å². The maximum absolute atomic E-state index is 11.5. The van der Waals surface area contributed by atoms with Crippen molar-refractivity contribution in [3.8, 4) is 0 Å². The highest BCUT2D eigenvalue weighted by Crippen LogP contribution is 2.05. The van der Waals surface area contributed by atoms with Crippen molar-refractivity contribution in [3.63, 3.8) is 0 Å². The number of hydrogen-bond donors (Lipinski definition) is 2. The summed E-state index contributed by atoms with van der Waals surface area (Å²) in [5.41, 5.74) is 0. The molecule has 17 heavy (non-hydrogen) atoms. The van der Waals surface area contributed by atoms with Crippen molar-refractivity contribution in [1.29, 1.82) is 0 Å². The van der Waals surface area contributed by atoms with Gasteiger partial charge < -0.3 is 15.4 Å². The van der Waals surface area contributed by atoms with E-state index in [0.29, 0.717) is 12.3 Å². The van der Waals surface area contributed by atoms with E-state index in [0.717, 1.165) is 39.0 Å². The van der Waals surface area contributed by atoms with Gasteiger partial charge in [0.05, 0.1) is 6.54 Å². The summed E-state index contributed by atoms with van der Waals surface area (Å²) < 4.78 is 16.0. The van der Waals surface area contributed by atoms with E-state index < -0.39 is 10.8 Å². The van der Waals surface area contributed by atoms with Crippen molar-refractivity contribution in [3.05, 3.63) is 0 Å². The highest BCUT2D eigenvalue weighted by molar-refractivity contribution is 7.84. The summed E-state index contributed by atoms with van der Waals surface area (Å²) in [6, 6.07) is 0.265. The molecule has 0 radical (unpaired) electrons. The molecular weight excluding hydrogens is 240 g/mol. The van der Waals surface area contributed by atoms with Gasteiger partial charge in [0.15, 0.2) is 0 Å². The van der Waals surface area contributed by atoms with E-state index in [-0.39, 0.29) is 11.9 Å². The Morgan fingerprint density at radius 2 is 2.12 bits per heavy atom. The molecule has 6 heteroatoms. The molecule has 0 aromatic rings. The smallest absolute Gasteiger partial charge is 0.234 e. The molecule has 100 valence electrons. The van der Waals surface area contributed by atoms with Crippen LogP contribution < -0.4 is 10.6 Å². The number of carbonyl (C=O) groups is 1. The largest absolute Gasteiger partial charge is 0.381 e. The van der Waals surface area contributed by atoms with Gasteiger partial charge in [0, 0.05) is 42.1 Å². The fourth-order valence-electron chi connectivity index (χ4n) is 1.72. The van der Waals surface area contributed by atoms with Gasteiger partial charge in [-0.25, -0.2) is 0 Å². The van der Waals surface area contributed by atoms with E-state index in [2.05, 4.69) is 10.6 Å². The first-order chi connectivity index (χ1) is 8.18. The lowest BCUT2D eigenvalue weighted by atomic mass is 10.1. The predicted octanol–water partition coefficient (Wildman–Crippen LogP) is -0.360. The predicted molar refractivity (Wildman–Crippen MR) is 68.4 cm³/mol. The Balaban J connectivity index is 1.98. The van der Waals surface area contributed by atoms with Crippen LogP contribution in [-0.4, -0.2) is 54.5 Å². The molecule has 2 N–H and O–H groups in total. The van der Waals surface area contributed by atoms with Gasteiger partial charge in [0.2, 0.25) is 5.91 Å². The van der Waals surface area contributed by atoms with Crippen LogP contribution in [0.25, 0.3) is 0 Å². The van der Waals surface area contributed by atoms with Gasteiger partial charge in [-0.2, -0.15) is 0 Å². The van der Waals surface area contributed by atoms with Crippen LogP contribution >= 0.6 is 0 Å². The van der Waals surface area contributed by atoms with E-state index in [9.17, 15) is 9.00 Å². The Morgan fingerprint density at radius 1 is 1.41 bits per heavy atom. The molecule has 1 amide bonds. The average Bonchev–Trinajstić information content (AvgIpc) is 2.29. The first-order valence-electron chi connectivity index (χ1n) is 6.06. The molecule has 1 aliphatic rings. The van der Waals surface area contributed by atoms with Crippen molar-refractivity contribution in [1.82, 2.24) is 10.6 Å². The summed E-state index contributed by atoms with van der Waals surface area (Å²) in [5, 5.41) is 6.03.